The number of nitrogens with zero attached hydrogens (tertiary/aromatic N) is 4. The van der Waals surface area contributed by atoms with Crippen LogP contribution in [-0.4, -0.2) is 24.9 Å². The minimum absolute atomic E-state index is 0.174. The maximum absolute atomic E-state index is 5.84. The molecule has 0 atom stereocenters. The second kappa shape index (κ2) is 4.51. The minimum atomic E-state index is 0.174. The molecule has 2 N–H and O–H groups in total. The molecular weight excluding hydrogens is 272 g/mol. The van der Waals surface area contributed by atoms with Gasteiger partial charge in [0.1, 0.15) is 10.5 Å². The maximum Gasteiger partial charge on any atom is 0.226 e. The number of aromatic nitrogens is 5. The van der Waals surface area contributed by atoms with Crippen molar-refractivity contribution < 1.29 is 0 Å². The first-order chi connectivity index (χ1) is 8.72. The molecule has 0 unspecified atom stereocenters. The summed E-state index contributed by atoms with van der Waals surface area (Å²) in [5.74, 6) is 0.635. The van der Waals surface area contributed by atoms with Crippen molar-refractivity contribution in [3.63, 3.8) is 0 Å². The van der Waals surface area contributed by atoms with E-state index in [0.717, 1.165) is 10.5 Å². The molecule has 0 aliphatic heterocycles. The van der Waals surface area contributed by atoms with Gasteiger partial charge in [0.05, 0.1) is 12.9 Å². The molecule has 3 rings (SSSR count). The van der Waals surface area contributed by atoms with Crippen molar-refractivity contribution in [3.8, 4) is 0 Å². The number of fused-ring (bicyclic) bond motifs is 1. The molecule has 0 aromatic carbocycles. The van der Waals surface area contributed by atoms with Crippen LogP contribution in [-0.2, 0) is 6.54 Å². The van der Waals surface area contributed by atoms with E-state index in [1.54, 1.807) is 17.7 Å². The Balaban J connectivity index is 1.87. The number of anilines is 1. The first kappa shape index (κ1) is 11.4. The lowest BCUT2D eigenvalue weighted by Crippen LogP contribution is -2.02. The largest absolute Gasteiger partial charge is 0.362 e. The van der Waals surface area contributed by atoms with E-state index in [9.17, 15) is 0 Å². The molecule has 92 valence electrons. The summed E-state index contributed by atoms with van der Waals surface area (Å²) in [6.07, 6.45) is 3.41. The van der Waals surface area contributed by atoms with Crippen molar-refractivity contribution in [3.05, 3.63) is 27.7 Å². The first-order valence-electron chi connectivity index (χ1n) is 5.24. The van der Waals surface area contributed by atoms with Gasteiger partial charge in [0, 0.05) is 11.1 Å². The van der Waals surface area contributed by atoms with Crippen LogP contribution in [0.1, 0.15) is 9.88 Å². The highest BCUT2D eigenvalue weighted by Crippen LogP contribution is 2.20. The van der Waals surface area contributed by atoms with Crippen molar-refractivity contribution in [1.82, 2.24) is 24.9 Å². The molecule has 0 saturated carbocycles. The zero-order valence-corrected chi connectivity index (χ0v) is 11.0. The molecule has 18 heavy (non-hydrogen) atoms. The van der Waals surface area contributed by atoms with Crippen LogP contribution in [0.25, 0.3) is 11.2 Å². The Kier molecular flexibility index (Phi) is 2.85. The third kappa shape index (κ3) is 2.14. The van der Waals surface area contributed by atoms with Crippen molar-refractivity contribution >= 4 is 39.9 Å². The molecule has 0 saturated heterocycles. The van der Waals surface area contributed by atoms with Gasteiger partial charge in [-0.2, -0.15) is 9.97 Å². The average Bonchev–Trinajstić information content (AvgIpc) is 2.94. The third-order valence-corrected chi connectivity index (χ3v) is 3.42. The molecule has 0 radical (unpaired) electrons. The molecule has 0 bridgehead atoms. The summed E-state index contributed by atoms with van der Waals surface area (Å²) in [4.78, 5) is 20.7. The zero-order valence-electron chi connectivity index (χ0n) is 9.44. The summed E-state index contributed by atoms with van der Waals surface area (Å²) in [7, 11) is 0. The number of thiazole rings is 1. The standard InChI is InChI=1S/C10H9ClN6S/c1-5-2-12-6(18-5)3-13-8-7-9(15-4-14-7)17-10(11)16-8/h2,4H,3H2,1H3,(H2,13,14,15,16,17). The summed E-state index contributed by atoms with van der Waals surface area (Å²) in [6, 6.07) is 0. The quantitative estimate of drug-likeness (QED) is 0.720. The molecule has 0 spiro atoms. The van der Waals surface area contributed by atoms with Gasteiger partial charge in [-0.05, 0) is 18.5 Å². The van der Waals surface area contributed by atoms with E-state index in [4.69, 9.17) is 11.6 Å². The SMILES string of the molecule is Cc1cnc(CNc2nc(Cl)nc3nc[nH]c23)s1. The molecule has 3 heterocycles. The number of nitrogens with one attached hydrogen (secondary N) is 2. The molecule has 0 aliphatic rings. The van der Waals surface area contributed by atoms with Crippen LogP contribution in [0, 0.1) is 6.92 Å². The number of imidazole rings is 1. The summed E-state index contributed by atoms with van der Waals surface area (Å²) >= 11 is 7.48. The number of hydrogen-bond donors (Lipinski definition) is 2. The van der Waals surface area contributed by atoms with Crippen LogP contribution >= 0.6 is 22.9 Å². The van der Waals surface area contributed by atoms with E-state index in [1.165, 1.54) is 4.88 Å². The number of rotatable bonds is 3. The molecule has 6 nitrogen and oxygen atoms in total. The molecule has 0 aliphatic carbocycles. The van der Waals surface area contributed by atoms with Crippen LogP contribution in [0.2, 0.25) is 5.28 Å². The van der Waals surface area contributed by atoms with Crippen LogP contribution in [0.3, 0.4) is 0 Å². The summed E-state index contributed by atoms with van der Waals surface area (Å²) in [5.41, 5.74) is 1.29. The fourth-order valence-electron chi connectivity index (χ4n) is 1.58. The van der Waals surface area contributed by atoms with Gasteiger partial charge in [-0.25, -0.2) is 9.97 Å². The number of aromatic amines is 1. The molecule has 3 aromatic rings. The average molecular weight is 281 g/mol. The van der Waals surface area contributed by atoms with Gasteiger partial charge in [-0.1, -0.05) is 0 Å². The van der Waals surface area contributed by atoms with Crippen LogP contribution in [0.4, 0.5) is 5.82 Å². The van der Waals surface area contributed by atoms with Gasteiger partial charge in [0.2, 0.25) is 5.28 Å². The Morgan fingerprint density at radius 2 is 2.28 bits per heavy atom. The summed E-state index contributed by atoms with van der Waals surface area (Å²) in [5, 5.41) is 4.35. The monoisotopic (exact) mass is 280 g/mol. The third-order valence-electron chi connectivity index (χ3n) is 2.33. The molecular formula is C10H9ClN6S. The highest BCUT2D eigenvalue weighted by Gasteiger charge is 2.09. The highest BCUT2D eigenvalue weighted by atomic mass is 35.5. The van der Waals surface area contributed by atoms with E-state index in [1.807, 2.05) is 13.1 Å². The zero-order chi connectivity index (χ0) is 12.5. The Bertz CT molecular complexity index is 691. The van der Waals surface area contributed by atoms with Gasteiger partial charge in [0.15, 0.2) is 11.5 Å². The Morgan fingerprint density at radius 1 is 1.39 bits per heavy atom. The second-order valence-corrected chi connectivity index (χ2v) is 5.32. The van der Waals surface area contributed by atoms with Crippen molar-refractivity contribution in [2.45, 2.75) is 13.5 Å². The fourth-order valence-corrected chi connectivity index (χ4v) is 2.47. The fraction of sp³-hybridized carbons (Fsp3) is 0.200. The smallest absolute Gasteiger partial charge is 0.226 e. The van der Waals surface area contributed by atoms with E-state index in [-0.39, 0.29) is 5.28 Å². The van der Waals surface area contributed by atoms with E-state index in [2.05, 4.69) is 30.2 Å². The Morgan fingerprint density at radius 3 is 3.06 bits per heavy atom. The van der Waals surface area contributed by atoms with Gasteiger partial charge >= 0.3 is 0 Å². The predicted octanol–water partition coefficient (Wildman–Crippen LogP) is 2.38. The molecule has 0 amide bonds. The molecule has 3 aromatic heterocycles. The number of H-pyrrole nitrogens is 1. The lowest BCUT2D eigenvalue weighted by Gasteiger charge is -2.04. The van der Waals surface area contributed by atoms with Crippen LogP contribution < -0.4 is 5.32 Å². The normalized spacial score (nSPS) is 11.0. The number of aryl methyl sites for hydroxylation is 1. The Labute approximate surface area is 111 Å². The van der Waals surface area contributed by atoms with Crippen LogP contribution in [0.5, 0.6) is 0 Å². The van der Waals surface area contributed by atoms with E-state index >= 15 is 0 Å². The predicted molar refractivity (Wildman–Crippen MR) is 70.9 cm³/mol. The van der Waals surface area contributed by atoms with Gasteiger partial charge in [-0.3, -0.25) is 0 Å². The maximum atomic E-state index is 5.84. The van der Waals surface area contributed by atoms with E-state index in [0.29, 0.717) is 18.0 Å². The second-order valence-electron chi connectivity index (χ2n) is 3.66. The Hall–Kier alpha value is -1.73. The molecule has 0 fully saturated rings. The van der Waals surface area contributed by atoms with Crippen LogP contribution in [0.15, 0.2) is 12.5 Å². The van der Waals surface area contributed by atoms with Crippen molar-refractivity contribution in [2.75, 3.05) is 5.32 Å². The van der Waals surface area contributed by atoms with Gasteiger partial charge in [0.25, 0.3) is 0 Å². The topological polar surface area (TPSA) is 79.4 Å². The molecule has 8 heteroatoms. The van der Waals surface area contributed by atoms with Gasteiger partial charge in [-0.15, -0.1) is 11.3 Å². The van der Waals surface area contributed by atoms with E-state index < -0.39 is 0 Å². The van der Waals surface area contributed by atoms with Crippen molar-refractivity contribution in [1.29, 1.82) is 0 Å². The number of hydrogen-bond acceptors (Lipinski definition) is 6. The minimum Gasteiger partial charge on any atom is -0.362 e. The summed E-state index contributed by atoms with van der Waals surface area (Å²) in [6.45, 7) is 2.62. The van der Waals surface area contributed by atoms with Gasteiger partial charge < -0.3 is 10.3 Å². The van der Waals surface area contributed by atoms with Crippen molar-refractivity contribution in [2.24, 2.45) is 0 Å². The highest BCUT2D eigenvalue weighted by molar-refractivity contribution is 7.11. The lowest BCUT2D eigenvalue weighted by molar-refractivity contribution is 1.07. The first-order valence-corrected chi connectivity index (χ1v) is 6.43. The number of halogens is 1. The lowest BCUT2D eigenvalue weighted by atomic mass is 10.5. The summed E-state index contributed by atoms with van der Waals surface area (Å²) < 4.78 is 0.